The van der Waals surface area contributed by atoms with Gasteiger partial charge in [-0.05, 0) is 18.1 Å². The highest BCUT2D eigenvalue weighted by Gasteiger charge is 2.38. The Morgan fingerprint density at radius 2 is 1.82 bits per heavy atom. The van der Waals surface area contributed by atoms with Crippen LogP contribution >= 0.6 is 0 Å². The molecule has 0 unspecified atom stereocenters. The van der Waals surface area contributed by atoms with E-state index in [0.29, 0.717) is 12.0 Å². The van der Waals surface area contributed by atoms with E-state index in [1.165, 1.54) is 6.07 Å². The maximum Gasteiger partial charge on any atom is 0.423 e. The Labute approximate surface area is 97.4 Å². The zero-order valence-electron chi connectivity index (χ0n) is 9.84. The fourth-order valence-electron chi connectivity index (χ4n) is 1.19. The zero-order chi connectivity index (χ0) is 13.6. The number of alkyl halides is 3. The molecule has 3 nitrogen and oxygen atoms in total. The van der Waals surface area contributed by atoms with Gasteiger partial charge in [0.1, 0.15) is 5.56 Å². The Balaban J connectivity index is 0.00000121. The van der Waals surface area contributed by atoms with Crippen molar-refractivity contribution in [3.8, 4) is 0 Å². The maximum atomic E-state index is 12.4. The lowest BCUT2D eigenvalue weighted by molar-refractivity contribution is -0.388. The molecule has 0 spiro atoms. The second-order valence-electron chi connectivity index (χ2n) is 2.96. The fraction of sp³-hybridized carbons (Fsp3) is 0.455. The van der Waals surface area contributed by atoms with Crippen LogP contribution in [0.15, 0.2) is 18.2 Å². The van der Waals surface area contributed by atoms with Crippen molar-refractivity contribution >= 4 is 5.69 Å². The molecule has 0 aliphatic rings. The monoisotopic (exact) mass is 249 g/mol. The summed E-state index contributed by atoms with van der Waals surface area (Å²) in [5.74, 6) is 0. The van der Waals surface area contributed by atoms with Crippen molar-refractivity contribution in [2.45, 2.75) is 33.4 Å². The Kier molecular flexibility index (Phi) is 5.64. The molecule has 1 aromatic rings. The number of halogens is 3. The lowest BCUT2D eigenvalue weighted by Gasteiger charge is -2.08. The third-order valence-electron chi connectivity index (χ3n) is 1.97. The molecule has 0 amide bonds. The van der Waals surface area contributed by atoms with Crippen LogP contribution in [0, 0.1) is 10.1 Å². The van der Waals surface area contributed by atoms with Crippen molar-refractivity contribution < 1.29 is 18.1 Å². The van der Waals surface area contributed by atoms with Crippen molar-refractivity contribution in [1.82, 2.24) is 0 Å². The first-order valence-electron chi connectivity index (χ1n) is 5.20. The number of benzene rings is 1. The second-order valence-corrected chi connectivity index (χ2v) is 2.96. The highest BCUT2D eigenvalue weighted by Crippen LogP contribution is 2.36. The fourth-order valence-corrected chi connectivity index (χ4v) is 1.19. The molecule has 17 heavy (non-hydrogen) atoms. The summed E-state index contributed by atoms with van der Waals surface area (Å²) in [7, 11) is 0. The number of nitro groups is 1. The van der Waals surface area contributed by atoms with Gasteiger partial charge in [0.2, 0.25) is 0 Å². The van der Waals surface area contributed by atoms with Gasteiger partial charge < -0.3 is 0 Å². The molecule has 0 bridgehead atoms. The average Bonchev–Trinajstić information content (AvgIpc) is 2.29. The smallest absolute Gasteiger partial charge is 0.258 e. The standard InChI is InChI=1S/C9H8F3NO2.C2H6/c1-2-6-3-4-8(13(14)15)7(5-6)9(10,11)12;1-2/h3-5H,2H2,1H3;1-2H3. The number of nitro benzene ring substituents is 1. The summed E-state index contributed by atoms with van der Waals surface area (Å²) < 4.78 is 37.3. The van der Waals surface area contributed by atoms with E-state index in [9.17, 15) is 23.3 Å². The first kappa shape index (κ1) is 15.4. The van der Waals surface area contributed by atoms with Gasteiger partial charge in [0, 0.05) is 6.07 Å². The minimum absolute atomic E-state index is 0.404. The molecular formula is C11H14F3NO2. The Bertz CT molecular complexity index is 389. The van der Waals surface area contributed by atoms with Crippen molar-refractivity contribution in [2.75, 3.05) is 0 Å². The molecule has 0 radical (unpaired) electrons. The third kappa shape index (κ3) is 4.05. The number of hydrogen-bond acceptors (Lipinski definition) is 2. The van der Waals surface area contributed by atoms with Crippen LogP contribution in [0.5, 0.6) is 0 Å². The molecule has 6 heteroatoms. The van der Waals surface area contributed by atoms with Gasteiger partial charge in [-0.1, -0.05) is 26.8 Å². The zero-order valence-corrected chi connectivity index (χ0v) is 9.84. The molecule has 0 saturated heterocycles. The van der Waals surface area contributed by atoms with Gasteiger partial charge in [0.15, 0.2) is 0 Å². The summed E-state index contributed by atoms with van der Waals surface area (Å²) >= 11 is 0. The normalized spacial score (nSPS) is 10.5. The van der Waals surface area contributed by atoms with E-state index in [4.69, 9.17) is 0 Å². The largest absolute Gasteiger partial charge is 0.423 e. The van der Waals surface area contributed by atoms with E-state index in [2.05, 4.69) is 0 Å². The van der Waals surface area contributed by atoms with Gasteiger partial charge in [-0.15, -0.1) is 0 Å². The average molecular weight is 249 g/mol. The highest BCUT2D eigenvalue weighted by molar-refractivity contribution is 5.44. The number of rotatable bonds is 2. The van der Waals surface area contributed by atoms with Crippen molar-refractivity contribution in [3.05, 3.63) is 39.4 Å². The maximum absolute atomic E-state index is 12.4. The van der Waals surface area contributed by atoms with Crippen molar-refractivity contribution in [1.29, 1.82) is 0 Å². The minimum atomic E-state index is -4.69. The quantitative estimate of drug-likeness (QED) is 0.582. The third-order valence-corrected chi connectivity index (χ3v) is 1.97. The summed E-state index contributed by atoms with van der Waals surface area (Å²) in [4.78, 5) is 9.35. The summed E-state index contributed by atoms with van der Waals surface area (Å²) in [5.41, 5.74) is -1.67. The van der Waals surface area contributed by atoms with E-state index < -0.39 is 22.4 Å². The Morgan fingerprint density at radius 1 is 1.29 bits per heavy atom. The molecule has 0 N–H and O–H groups in total. The van der Waals surface area contributed by atoms with Gasteiger partial charge in [-0.3, -0.25) is 10.1 Å². The van der Waals surface area contributed by atoms with Crippen molar-refractivity contribution in [3.63, 3.8) is 0 Å². The summed E-state index contributed by atoms with van der Waals surface area (Å²) in [5, 5.41) is 10.4. The lowest BCUT2D eigenvalue weighted by atomic mass is 10.1. The summed E-state index contributed by atoms with van der Waals surface area (Å²) in [6.45, 7) is 5.68. The van der Waals surface area contributed by atoms with Gasteiger partial charge in [0.25, 0.3) is 5.69 Å². The number of nitrogens with zero attached hydrogens (tertiary/aromatic N) is 1. The van der Waals surface area contributed by atoms with Crippen LogP contribution in [-0.4, -0.2) is 4.92 Å². The molecule has 96 valence electrons. The summed E-state index contributed by atoms with van der Waals surface area (Å²) in [6.07, 6.45) is -4.28. The predicted molar refractivity (Wildman–Crippen MR) is 58.8 cm³/mol. The molecule has 0 heterocycles. The summed E-state index contributed by atoms with van der Waals surface area (Å²) in [6, 6.07) is 3.03. The Morgan fingerprint density at radius 3 is 2.18 bits per heavy atom. The van der Waals surface area contributed by atoms with Crippen LogP contribution in [0.25, 0.3) is 0 Å². The van der Waals surface area contributed by atoms with Crippen LogP contribution in [-0.2, 0) is 12.6 Å². The predicted octanol–water partition coefficient (Wildman–Crippen LogP) is 4.20. The van der Waals surface area contributed by atoms with E-state index >= 15 is 0 Å². The van der Waals surface area contributed by atoms with Crippen LogP contribution in [0.1, 0.15) is 31.9 Å². The number of hydrogen-bond donors (Lipinski definition) is 0. The van der Waals surface area contributed by atoms with Gasteiger partial charge in [-0.2, -0.15) is 13.2 Å². The SMILES string of the molecule is CC.CCc1ccc([N+](=O)[O-])c(C(F)(F)F)c1. The van der Waals surface area contributed by atoms with E-state index in [0.717, 1.165) is 12.1 Å². The van der Waals surface area contributed by atoms with E-state index in [-0.39, 0.29) is 0 Å². The molecule has 0 fully saturated rings. The molecule has 0 saturated carbocycles. The molecule has 0 aliphatic heterocycles. The molecule has 0 aromatic heterocycles. The topological polar surface area (TPSA) is 43.1 Å². The minimum Gasteiger partial charge on any atom is -0.258 e. The molecule has 0 aliphatic carbocycles. The van der Waals surface area contributed by atoms with Gasteiger partial charge >= 0.3 is 6.18 Å². The van der Waals surface area contributed by atoms with Gasteiger partial charge in [-0.25, -0.2) is 0 Å². The molecular weight excluding hydrogens is 235 g/mol. The van der Waals surface area contributed by atoms with Crippen molar-refractivity contribution in [2.24, 2.45) is 0 Å². The highest BCUT2D eigenvalue weighted by atomic mass is 19.4. The Hall–Kier alpha value is -1.59. The van der Waals surface area contributed by atoms with Crippen LogP contribution in [0.4, 0.5) is 18.9 Å². The second kappa shape index (κ2) is 6.22. The van der Waals surface area contributed by atoms with Crippen LogP contribution in [0.2, 0.25) is 0 Å². The van der Waals surface area contributed by atoms with E-state index in [1.54, 1.807) is 6.92 Å². The lowest BCUT2D eigenvalue weighted by Crippen LogP contribution is -2.09. The van der Waals surface area contributed by atoms with E-state index in [1.807, 2.05) is 13.8 Å². The van der Waals surface area contributed by atoms with Gasteiger partial charge in [0.05, 0.1) is 4.92 Å². The van der Waals surface area contributed by atoms with Crippen LogP contribution in [0.3, 0.4) is 0 Å². The van der Waals surface area contributed by atoms with Crippen LogP contribution < -0.4 is 0 Å². The first-order chi connectivity index (χ1) is 7.86. The number of aryl methyl sites for hydroxylation is 1. The first-order valence-corrected chi connectivity index (χ1v) is 5.20. The molecule has 0 atom stereocenters. The molecule has 1 aromatic carbocycles. The molecule has 1 rings (SSSR count).